The van der Waals surface area contributed by atoms with Crippen molar-refractivity contribution in [1.82, 2.24) is 4.98 Å². The second kappa shape index (κ2) is 4.97. The average Bonchev–Trinajstić information content (AvgIpc) is 2.46. The van der Waals surface area contributed by atoms with Gasteiger partial charge in [0.05, 0.1) is 10.9 Å². The first-order valence-corrected chi connectivity index (χ1v) is 6.80. The van der Waals surface area contributed by atoms with Gasteiger partial charge in [-0.1, -0.05) is 17.7 Å². The lowest BCUT2D eigenvalue weighted by Crippen LogP contribution is -2.33. The molecule has 0 aliphatic heterocycles. The van der Waals surface area contributed by atoms with Gasteiger partial charge < -0.3 is 5.21 Å². The predicted molar refractivity (Wildman–Crippen MR) is 80.6 cm³/mol. The van der Waals surface area contributed by atoms with Crippen molar-refractivity contribution in [3.05, 3.63) is 64.0 Å². The van der Waals surface area contributed by atoms with E-state index in [1.54, 1.807) is 31.3 Å². The maximum Gasteiger partial charge on any atom is 0.225 e. The molecular formula is C16H12ClFN2O. The highest BCUT2D eigenvalue weighted by Gasteiger charge is 2.18. The Balaban J connectivity index is 2.36. The second-order valence-corrected chi connectivity index (χ2v) is 5.35. The zero-order chi connectivity index (χ0) is 15.1. The summed E-state index contributed by atoms with van der Waals surface area (Å²) in [5, 5.41) is 14.4. The summed E-state index contributed by atoms with van der Waals surface area (Å²) < 4.78 is 14.3. The molecule has 2 heterocycles. The highest BCUT2D eigenvalue weighted by atomic mass is 35.5. The number of aromatic nitrogens is 2. The highest BCUT2D eigenvalue weighted by molar-refractivity contribution is 6.30. The molecule has 0 atom stereocenters. The van der Waals surface area contributed by atoms with Gasteiger partial charge in [0.1, 0.15) is 11.0 Å². The lowest BCUT2D eigenvalue weighted by atomic mass is 10.0. The number of pyridine rings is 2. The Bertz CT molecular complexity index is 865. The number of aryl methyl sites for hydroxylation is 2. The van der Waals surface area contributed by atoms with Gasteiger partial charge in [-0.3, -0.25) is 0 Å². The van der Waals surface area contributed by atoms with E-state index >= 15 is 0 Å². The van der Waals surface area contributed by atoms with Crippen molar-refractivity contribution in [3.8, 4) is 11.3 Å². The molecule has 0 amide bonds. The van der Waals surface area contributed by atoms with Crippen LogP contribution in [-0.4, -0.2) is 4.98 Å². The van der Waals surface area contributed by atoms with Crippen molar-refractivity contribution in [2.75, 3.05) is 0 Å². The first-order valence-electron chi connectivity index (χ1n) is 6.42. The quantitative estimate of drug-likeness (QED) is 0.388. The molecule has 1 aromatic carbocycles. The van der Waals surface area contributed by atoms with E-state index in [0.717, 1.165) is 21.1 Å². The van der Waals surface area contributed by atoms with E-state index in [0.29, 0.717) is 22.1 Å². The zero-order valence-electron chi connectivity index (χ0n) is 11.5. The lowest BCUT2D eigenvalue weighted by Gasteiger charge is -2.12. The Morgan fingerprint density at radius 3 is 2.71 bits per heavy atom. The molecule has 0 N–H and O–H groups in total. The predicted octanol–water partition coefficient (Wildman–Crippen LogP) is 3.94. The summed E-state index contributed by atoms with van der Waals surface area (Å²) in [7, 11) is 0. The van der Waals surface area contributed by atoms with Crippen LogP contribution in [0.1, 0.15) is 11.3 Å². The molecule has 5 heteroatoms. The smallest absolute Gasteiger partial charge is 0.225 e. The van der Waals surface area contributed by atoms with Crippen LogP contribution in [0, 0.1) is 24.9 Å². The number of halogens is 2. The van der Waals surface area contributed by atoms with E-state index in [4.69, 9.17) is 11.6 Å². The third-order valence-corrected chi connectivity index (χ3v) is 3.79. The molecule has 21 heavy (non-hydrogen) atoms. The molecule has 0 saturated carbocycles. The van der Waals surface area contributed by atoms with Crippen LogP contribution in [0.4, 0.5) is 4.39 Å². The van der Waals surface area contributed by atoms with Gasteiger partial charge in [0.2, 0.25) is 5.69 Å². The Morgan fingerprint density at radius 1 is 1.19 bits per heavy atom. The molecule has 0 unspecified atom stereocenters. The molecule has 0 aliphatic carbocycles. The van der Waals surface area contributed by atoms with Crippen LogP contribution in [0.5, 0.6) is 0 Å². The molecule has 3 rings (SSSR count). The first kappa shape index (κ1) is 13.8. The van der Waals surface area contributed by atoms with Gasteiger partial charge in [-0.15, -0.1) is 0 Å². The molecule has 0 saturated heterocycles. The minimum absolute atomic E-state index is 0.334. The summed E-state index contributed by atoms with van der Waals surface area (Å²) in [5.74, 6) is -0.373. The fourth-order valence-corrected chi connectivity index (χ4v) is 2.58. The van der Waals surface area contributed by atoms with E-state index in [1.807, 2.05) is 6.92 Å². The van der Waals surface area contributed by atoms with Gasteiger partial charge in [-0.05, 0) is 30.7 Å². The van der Waals surface area contributed by atoms with Crippen LogP contribution in [0.15, 0.2) is 36.5 Å². The summed E-state index contributed by atoms with van der Waals surface area (Å²) >= 11 is 5.87. The summed E-state index contributed by atoms with van der Waals surface area (Å²) in [4.78, 5) is 4.03. The fraction of sp³-hybridized carbons (Fsp3) is 0.125. The largest absolute Gasteiger partial charge is 0.618 e. The SMILES string of the molecule is Cc1ccc(F)cc1-c1cc2cnc(Cl)cc2c(C)[n+]1[O-]. The van der Waals surface area contributed by atoms with Crippen LogP contribution >= 0.6 is 11.6 Å². The topological polar surface area (TPSA) is 39.8 Å². The molecule has 0 radical (unpaired) electrons. The van der Waals surface area contributed by atoms with Gasteiger partial charge >= 0.3 is 0 Å². The molecule has 0 spiro atoms. The number of hydrogen-bond acceptors (Lipinski definition) is 2. The molecule has 0 bridgehead atoms. The van der Waals surface area contributed by atoms with Gasteiger partial charge in [0.25, 0.3) is 0 Å². The van der Waals surface area contributed by atoms with Crippen LogP contribution in [0.3, 0.4) is 0 Å². The maximum absolute atomic E-state index is 13.5. The van der Waals surface area contributed by atoms with Gasteiger partial charge in [0, 0.05) is 24.6 Å². The molecule has 106 valence electrons. The molecule has 2 aromatic heterocycles. The Morgan fingerprint density at radius 2 is 1.95 bits per heavy atom. The normalized spacial score (nSPS) is 11.0. The lowest BCUT2D eigenvalue weighted by molar-refractivity contribution is -0.599. The third kappa shape index (κ3) is 2.32. The van der Waals surface area contributed by atoms with Crippen molar-refractivity contribution in [2.24, 2.45) is 0 Å². The van der Waals surface area contributed by atoms with Crippen molar-refractivity contribution in [2.45, 2.75) is 13.8 Å². The van der Waals surface area contributed by atoms with E-state index in [9.17, 15) is 9.60 Å². The average molecular weight is 303 g/mol. The number of rotatable bonds is 1. The van der Waals surface area contributed by atoms with Gasteiger partial charge in [-0.2, -0.15) is 4.73 Å². The maximum atomic E-state index is 13.5. The second-order valence-electron chi connectivity index (χ2n) is 4.96. The van der Waals surface area contributed by atoms with Crippen molar-refractivity contribution in [3.63, 3.8) is 0 Å². The monoisotopic (exact) mass is 302 g/mol. The first-order chi connectivity index (χ1) is 9.97. The number of benzene rings is 1. The molecule has 3 nitrogen and oxygen atoms in total. The van der Waals surface area contributed by atoms with Crippen molar-refractivity contribution >= 4 is 22.4 Å². The molecular weight excluding hydrogens is 291 g/mol. The van der Waals surface area contributed by atoms with Gasteiger partial charge in [-0.25, -0.2) is 9.37 Å². The van der Waals surface area contributed by atoms with E-state index < -0.39 is 0 Å². The highest BCUT2D eigenvalue weighted by Crippen LogP contribution is 2.26. The Labute approximate surface area is 126 Å². The molecule has 3 aromatic rings. The number of hydrogen-bond donors (Lipinski definition) is 0. The molecule has 0 fully saturated rings. The third-order valence-electron chi connectivity index (χ3n) is 3.58. The van der Waals surface area contributed by atoms with E-state index in [1.165, 1.54) is 12.1 Å². The zero-order valence-corrected chi connectivity index (χ0v) is 12.3. The van der Waals surface area contributed by atoms with Crippen molar-refractivity contribution in [1.29, 1.82) is 0 Å². The summed E-state index contributed by atoms with van der Waals surface area (Å²) in [5.41, 5.74) is 2.32. The minimum Gasteiger partial charge on any atom is -0.618 e. The summed E-state index contributed by atoms with van der Waals surface area (Å²) in [6.07, 6.45) is 1.61. The van der Waals surface area contributed by atoms with Crippen molar-refractivity contribution < 1.29 is 9.12 Å². The standard InChI is InChI=1S/C16H12ClFN2O/c1-9-3-4-12(18)6-13(9)15-5-11-8-19-16(17)7-14(11)10(2)20(15)21/h3-8H,1-2H3. The van der Waals surface area contributed by atoms with Crippen LogP contribution in [0.2, 0.25) is 5.15 Å². The molecule has 0 aliphatic rings. The number of nitrogens with zero attached hydrogens (tertiary/aromatic N) is 2. The van der Waals surface area contributed by atoms with Crippen LogP contribution in [0.25, 0.3) is 22.0 Å². The summed E-state index contributed by atoms with van der Waals surface area (Å²) in [6.45, 7) is 3.55. The Hall–Kier alpha value is -2.20. The Kier molecular flexibility index (Phi) is 3.26. The van der Waals surface area contributed by atoms with Crippen LogP contribution < -0.4 is 4.73 Å². The van der Waals surface area contributed by atoms with Gasteiger partial charge in [0.15, 0.2) is 5.69 Å². The minimum atomic E-state index is -0.373. The van der Waals surface area contributed by atoms with Crippen LogP contribution in [-0.2, 0) is 0 Å². The number of fused-ring (bicyclic) bond motifs is 1. The van der Waals surface area contributed by atoms with E-state index in [2.05, 4.69) is 4.98 Å². The van der Waals surface area contributed by atoms with E-state index in [-0.39, 0.29) is 5.82 Å². The summed E-state index contributed by atoms with van der Waals surface area (Å²) in [6, 6.07) is 7.77. The fourth-order valence-electron chi connectivity index (χ4n) is 2.42.